The van der Waals surface area contributed by atoms with Crippen LogP contribution >= 0.6 is 11.8 Å². The highest BCUT2D eigenvalue weighted by Crippen LogP contribution is 2.35. The summed E-state index contributed by atoms with van der Waals surface area (Å²) >= 11 is 1.24. The first-order valence-electron chi connectivity index (χ1n) is 7.84. The number of hydrogen-bond acceptors (Lipinski definition) is 7. The molecule has 2 aromatic carbocycles. The van der Waals surface area contributed by atoms with Gasteiger partial charge in [-0.2, -0.15) is 0 Å². The zero-order valence-electron chi connectivity index (χ0n) is 13.8. The standard InChI is InChI=1S/C18H15NO6S/c1-11-2-5-13(6-3-11)26-16-7-4-12(10-14(16)19(22)23)17(20)25-15-8-9-24-18(15)21/h2-7,10,15H,8-9H2,1H3. The number of nitro groups is 1. The van der Waals surface area contributed by atoms with Gasteiger partial charge in [0.05, 0.1) is 22.0 Å². The molecule has 0 amide bonds. The van der Waals surface area contributed by atoms with E-state index in [1.165, 1.54) is 30.0 Å². The van der Waals surface area contributed by atoms with Gasteiger partial charge in [-0.15, -0.1) is 0 Å². The van der Waals surface area contributed by atoms with E-state index >= 15 is 0 Å². The Kier molecular flexibility index (Phi) is 5.22. The number of nitrogens with zero attached hydrogens (tertiary/aromatic N) is 1. The highest BCUT2D eigenvalue weighted by Gasteiger charge is 2.31. The van der Waals surface area contributed by atoms with E-state index in [9.17, 15) is 19.7 Å². The topological polar surface area (TPSA) is 95.7 Å². The summed E-state index contributed by atoms with van der Waals surface area (Å²) in [5.74, 6) is -1.39. The minimum absolute atomic E-state index is 0.0182. The molecule has 1 aliphatic heterocycles. The Balaban J connectivity index is 1.82. The molecule has 1 unspecified atom stereocenters. The van der Waals surface area contributed by atoms with E-state index in [-0.39, 0.29) is 24.3 Å². The molecule has 0 radical (unpaired) electrons. The number of esters is 2. The van der Waals surface area contributed by atoms with Crippen molar-refractivity contribution in [2.75, 3.05) is 6.61 Å². The molecule has 1 heterocycles. The third-order valence-corrected chi connectivity index (χ3v) is 4.85. The molecule has 0 N–H and O–H groups in total. The molecular weight excluding hydrogens is 358 g/mol. The van der Waals surface area contributed by atoms with Crippen molar-refractivity contribution in [1.29, 1.82) is 0 Å². The molecule has 0 aliphatic carbocycles. The predicted octanol–water partition coefficient (Wildman–Crippen LogP) is 3.53. The van der Waals surface area contributed by atoms with Crippen LogP contribution in [0.2, 0.25) is 0 Å². The summed E-state index contributed by atoms with van der Waals surface area (Å²) in [6.07, 6.45) is -0.670. The Labute approximate surface area is 153 Å². The summed E-state index contributed by atoms with van der Waals surface area (Å²) in [5, 5.41) is 11.4. The molecule has 8 heteroatoms. The molecule has 0 saturated carbocycles. The number of carbonyl (C=O) groups excluding carboxylic acids is 2. The SMILES string of the molecule is Cc1ccc(Sc2ccc(C(=O)OC3CCOC3=O)cc2[N+](=O)[O-])cc1. The average molecular weight is 373 g/mol. The number of nitro benzene ring substituents is 1. The molecule has 26 heavy (non-hydrogen) atoms. The maximum Gasteiger partial charge on any atom is 0.347 e. The quantitative estimate of drug-likeness (QED) is 0.449. The van der Waals surface area contributed by atoms with Crippen molar-refractivity contribution in [2.45, 2.75) is 29.2 Å². The lowest BCUT2D eigenvalue weighted by Gasteiger charge is -2.09. The van der Waals surface area contributed by atoms with Gasteiger partial charge in [0.25, 0.3) is 5.69 Å². The Morgan fingerprint density at radius 2 is 2.00 bits per heavy atom. The van der Waals surface area contributed by atoms with Crippen molar-refractivity contribution in [2.24, 2.45) is 0 Å². The van der Waals surface area contributed by atoms with Crippen molar-refractivity contribution in [3.63, 3.8) is 0 Å². The zero-order chi connectivity index (χ0) is 18.7. The van der Waals surface area contributed by atoms with Crippen LogP contribution in [0, 0.1) is 17.0 Å². The van der Waals surface area contributed by atoms with E-state index in [4.69, 9.17) is 9.47 Å². The predicted molar refractivity (Wildman–Crippen MR) is 93.2 cm³/mol. The number of hydrogen-bond donors (Lipinski definition) is 0. The Morgan fingerprint density at radius 3 is 2.62 bits per heavy atom. The van der Waals surface area contributed by atoms with Gasteiger partial charge in [-0.3, -0.25) is 10.1 Å². The summed E-state index contributed by atoms with van der Waals surface area (Å²) in [6, 6.07) is 11.7. The molecule has 1 saturated heterocycles. The number of benzene rings is 2. The third kappa shape index (κ3) is 4.02. The van der Waals surface area contributed by atoms with Gasteiger partial charge >= 0.3 is 11.9 Å². The first kappa shape index (κ1) is 17.9. The summed E-state index contributed by atoms with van der Waals surface area (Å²) in [5.41, 5.74) is 0.913. The van der Waals surface area contributed by atoms with Gasteiger partial charge in [0.15, 0.2) is 0 Å². The van der Waals surface area contributed by atoms with Crippen LogP contribution in [-0.2, 0) is 14.3 Å². The summed E-state index contributed by atoms with van der Waals surface area (Å²) in [4.78, 5) is 35.7. The van der Waals surface area contributed by atoms with Crippen LogP contribution in [0.15, 0.2) is 52.3 Å². The lowest BCUT2D eigenvalue weighted by molar-refractivity contribution is -0.387. The van der Waals surface area contributed by atoms with Gasteiger partial charge in [0, 0.05) is 17.4 Å². The van der Waals surface area contributed by atoms with Gasteiger partial charge in [-0.25, -0.2) is 9.59 Å². The van der Waals surface area contributed by atoms with Crippen LogP contribution in [0.4, 0.5) is 5.69 Å². The fourth-order valence-electron chi connectivity index (χ4n) is 2.39. The maximum absolute atomic E-state index is 12.2. The molecule has 0 spiro atoms. The number of cyclic esters (lactones) is 1. The summed E-state index contributed by atoms with van der Waals surface area (Å²) < 4.78 is 9.80. The van der Waals surface area contributed by atoms with Crippen LogP contribution < -0.4 is 0 Å². The van der Waals surface area contributed by atoms with Gasteiger partial charge in [0.2, 0.25) is 6.10 Å². The normalized spacial score (nSPS) is 16.2. The number of rotatable bonds is 5. The molecule has 1 aliphatic rings. The molecule has 3 rings (SSSR count). The van der Waals surface area contributed by atoms with Crippen molar-refractivity contribution < 1.29 is 24.0 Å². The Morgan fingerprint density at radius 1 is 1.27 bits per heavy atom. The molecule has 1 atom stereocenters. The molecular formula is C18H15NO6S. The number of aryl methyl sites for hydroxylation is 1. The van der Waals surface area contributed by atoms with E-state index in [0.717, 1.165) is 10.5 Å². The van der Waals surface area contributed by atoms with E-state index in [0.29, 0.717) is 4.90 Å². The second kappa shape index (κ2) is 7.57. The zero-order valence-corrected chi connectivity index (χ0v) is 14.7. The minimum Gasteiger partial charge on any atom is -0.463 e. The van der Waals surface area contributed by atoms with E-state index in [1.54, 1.807) is 0 Å². The monoisotopic (exact) mass is 373 g/mol. The highest BCUT2D eigenvalue weighted by molar-refractivity contribution is 7.99. The van der Waals surface area contributed by atoms with Gasteiger partial charge in [0.1, 0.15) is 0 Å². The number of carbonyl (C=O) groups is 2. The Bertz CT molecular complexity index is 864. The first-order chi connectivity index (χ1) is 12.4. The lowest BCUT2D eigenvalue weighted by Crippen LogP contribution is -2.22. The van der Waals surface area contributed by atoms with Crippen molar-refractivity contribution in [1.82, 2.24) is 0 Å². The molecule has 134 valence electrons. The van der Waals surface area contributed by atoms with Crippen molar-refractivity contribution in [3.8, 4) is 0 Å². The second-order valence-electron chi connectivity index (χ2n) is 5.70. The average Bonchev–Trinajstić information content (AvgIpc) is 3.01. The highest BCUT2D eigenvalue weighted by atomic mass is 32.2. The minimum atomic E-state index is -0.955. The largest absolute Gasteiger partial charge is 0.463 e. The van der Waals surface area contributed by atoms with E-state index in [1.807, 2.05) is 31.2 Å². The van der Waals surface area contributed by atoms with Crippen LogP contribution in [0.25, 0.3) is 0 Å². The van der Waals surface area contributed by atoms with Gasteiger partial charge in [-0.05, 0) is 31.2 Å². The molecule has 0 aromatic heterocycles. The Hall–Kier alpha value is -2.87. The number of ether oxygens (including phenoxy) is 2. The third-order valence-electron chi connectivity index (χ3n) is 3.78. The van der Waals surface area contributed by atoms with Crippen molar-refractivity contribution >= 4 is 29.4 Å². The molecule has 7 nitrogen and oxygen atoms in total. The summed E-state index contributed by atoms with van der Waals surface area (Å²) in [7, 11) is 0. The molecule has 2 aromatic rings. The van der Waals surface area contributed by atoms with Crippen LogP contribution in [0.1, 0.15) is 22.3 Å². The fraction of sp³-hybridized carbons (Fsp3) is 0.222. The van der Waals surface area contributed by atoms with Crippen LogP contribution in [0.3, 0.4) is 0 Å². The van der Waals surface area contributed by atoms with Crippen LogP contribution in [-0.4, -0.2) is 29.6 Å². The molecule has 1 fully saturated rings. The smallest absolute Gasteiger partial charge is 0.347 e. The van der Waals surface area contributed by atoms with Crippen molar-refractivity contribution in [3.05, 3.63) is 63.7 Å². The first-order valence-corrected chi connectivity index (χ1v) is 8.66. The fourth-order valence-corrected chi connectivity index (χ4v) is 3.29. The maximum atomic E-state index is 12.2. The summed E-state index contributed by atoms with van der Waals surface area (Å²) in [6.45, 7) is 2.15. The van der Waals surface area contributed by atoms with Gasteiger partial charge < -0.3 is 9.47 Å². The van der Waals surface area contributed by atoms with Gasteiger partial charge in [-0.1, -0.05) is 29.5 Å². The van der Waals surface area contributed by atoms with E-state index < -0.39 is 23.0 Å². The van der Waals surface area contributed by atoms with E-state index in [2.05, 4.69) is 0 Å². The van der Waals surface area contributed by atoms with Crippen LogP contribution in [0.5, 0.6) is 0 Å². The lowest BCUT2D eigenvalue weighted by atomic mass is 10.2. The molecule has 0 bridgehead atoms. The second-order valence-corrected chi connectivity index (χ2v) is 6.82.